The molecule has 1 heterocycles. The minimum absolute atomic E-state index is 0.0534. The summed E-state index contributed by atoms with van der Waals surface area (Å²) in [5, 5.41) is 0. The molecule has 1 aliphatic heterocycles. The lowest BCUT2D eigenvalue weighted by Crippen LogP contribution is -2.32. The Morgan fingerprint density at radius 2 is 2.15 bits per heavy atom. The molecule has 1 saturated heterocycles. The lowest BCUT2D eigenvalue weighted by Gasteiger charge is -2.37. The zero-order valence-corrected chi connectivity index (χ0v) is 11.9. The quantitative estimate of drug-likeness (QED) is 0.627. The Morgan fingerprint density at radius 3 is 2.70 bits per heavy atom. The first-order chi connectivity index (χ1) is 9.55. The second-order valence-corrected chi connectivity index (χ2v) is 6.03. The highest BCUT2D eigenvalue weighted by Gasteiger charge is 2.40. The fourth-order valence-electron chi connectivity index (χ4n) is 2.94. The van der Waals surface area contributed by atoms with Crippen LogP contribution >= 0.6 is 0 Å². The van der Waals surface area contributed by atoms with E-state index in [2.05, 4.69) is 11.1 Å². The van der Waals surface area contributed by atoms with Crippen LogP contribution in [0.3, 0.4) is 0 Å². The smallest absolute Gasteiger partial charge is 0.235 e. The number of rotatable bonds is 3. The van der Waals surface area contributed by atoms with Crippen LogP contribution in [0, 0.1) is 0 Å². The number of aliphatic imine (C=N–C) groups is 1. The first-order valence-corrected chi connectivity index (χ1v) is 7.06. The van der Waals surface area contributed by atoms with Gasteiger partial charge in [-0.05, 0) is 44.2 Å². The highest BCUT2D eigenvalue weighted by atomic mass is 16.7. The van der Waals surface area contributed by atoms with E-state index in [0.717, 1.165) is 30.4 Å². The second kappa shape index (κ2) is 4.81. The van der Waals surface area contributed by atoms with Crippen molar-refractivity contribution in [1.29, 1.82) is 0 Å². The Balaban J connectivity index is 1.89. The van der Waals surface area contributed by atoms with Crippen LogP contribution in [0.2, 0.25) is 0 Å². The van der Waals surface area contributed by atoms with Gasteiger partial charge < -0.3 is 9.47 Å². The van der Waals surface area contributed by atoms with Gasteiger partial charge in [0.1, 0.15) is 6.10 Å². The molecular weight excluding hydrogens is 254 g/mol. The highest BCUT2D eigenvalue weighted by Crippen LogP contribution is 2.45. The zero-order valence-electron chi connectivity index (χ0n) is 11.9. The maximum Gasteiger partial charge on any atom is 0.235 e. The van der Waals surface area contributed by atoms with E-state index in [-0.39, 0.29) is 11.6 Å². The van der Waals surface area contributed by atoms with E-state index < -0.39 is 5.79 Å². The molecule has 0 bridgehead atoms. The van der Waals surface area contributed by atoms with Gasteiger partial charge >= 0.3 is 0 Å². The summed E-state index contributed by atoms with van der Waals surface area (Å²) in [7, 11) is 0. The standard InChI is InChI=1S/C16H19NO3/c1-15(2)19-10-14(20-15)12-5-3-6-13(9-12)16(17-11-18)7-4-8-16/h3,5-6,9,14H,4,7-8,10H2,1-2H3. The Kier molecular flexibility index (Phi) is 3.25. The Morgan fingerprint density at radius 1 is 1.35 bits per heavy atom. The fraction of sp³-hybridized carbons (Fsp3) is 0.562. The summed E-state index contributed by atoms with van der Waals surface area (Å²) >= 11 is 0. The molecular formula is C16H19NO3. The summed E-state index contributed by atoms with van der Waals surface area (Å²) in [5.74, 6) is -0.532. The number of isocyanates is 1. The van der Waals surface area contributed by atoms with Gasteiger partial charge in [-0.2, -0.15) is 4.99 Å². The van der Waals surface area contributed by atoms with Gasteiger partial charge in [0.25, 0.3) is 0 Å². The van der Waals surface area contributed by atoms with Gasteiger partial charge in [0, 0.05) is 0 Å². The molecule has 0 amide bonds. The molecule has 3 rings (SSSR count). The lowest BCUT2D eigenvalue weighted by molar-refractivity contribution is -0.139. The van der Waals surface area contributed by atoms with Crippen molar-refractivity contribution in [3.8, 4) is 0 Å². The van der Waals surface area contributed by atoms with Gasteiger partial charge in [-0.15, -0.1) is 0 Å². The molecule has 0 aromatic heterocycles. The van der Waals surface area contributed by atoms with E-state index in [1.165, 1.54) is 0 Å². The van der Waals surface area contributed by atoms with E-state index in [9.17, 15) is 4.79 Å². The van der Waals surface area contributed by atoms with Gasteiger partial charge in [0.2, 0.25) is 6.08 Å². The topological polar surface area (TPSA) is 47.9 Å². The summed E-state index contributed by atoms with van der Waals surface area (Å²) in [4.78, 5) is 14.7. The normalized spacial score (nSPS) is 26.6. The summed E-state index contributed by atoms with van der Waals surface area (Å²) < 4.78 is 11.5. The van der Waals surface area contributed by atoms with E-state index in [1.807, 2.05) is 32.0 Å². The van der Waals surface area contributed by atoms with E-state index >= 15 is 0 Å². The molecule has 1 aromatic carbocycles. The second-order valence-electron chi connectivity index (χ2n) is 6.03. The minimum Gasteiger partial charge on any atom is -0.347 e. The molecule has 1 aromatic rings. The SMILES string of the molecule is CC1(C)OCC(c2cccc(C3(N=C=O)CCC3)c2)O1. The van der Waals surface area contributed by atoms with Gasteiger partial charge in [0.15, 0.2) is 5.79 Å². The molecule has 4 nitrogen and oxygen atoms in total. The fourth-order valence-corrected chi connectivity index (χ4v) is 2.94. The monoisotopic (exact) mass is 273 g/mol. The third-order valence-electron chi connectivity index (χ3n) is 4.24. The van der Waals surface area contributed by atoms with Crippen LogP contribution in [-0.2, 0) is 19.8 Å². The molecule has 20 heavy (non-hydrogen) atoms. The van der Waals surface area contributed by atoms with Gasteiger partial charge in [-0.1, -0.05) is 24.3 Å². The summed E-state index contributed by atoms with van der Waals surface area (Å²) in [6.07, 6.45) is 4.61. The Bertz CT molecular complexity index is 557. The summed E-state index contributed by atoms with van der Waals surface area (Å²) in [6.45, 7) is 4.39. The minimum atomic E-state index is -0.532. The van der Waals surface area contributed by atoms with Crippen molar-refractivity contribution in [2.75, 3.05) is 6.61 Å². The molecule has 2 aliphatic rings. The van der Waals surface area contributed by atoms with Crippen LogP contribution in [0.15, 0.2) is 29.3 Å². The van der Waals surface area contributed by atoms with Crippen molar-refractivity contribution in [3.05, 3.63) is 35.4 Å². The van der Waals surface area contributed by atoms with Gasteiger partial charge in [-0.25, -0.2) is 4.79 Å². The van der Waals surface area contributed by atoms with Crippen LogP contribution < -0.4 is 0 Å². The summed E-state index contributed by atoms with van der Waals surface area (Å²) in [5.41, 5.74) is 1.81. The third-order valence-corrected chi connectivity index (χ3v) is 4.24. The molecule has 0 radical (unpaired) electrons. The molecule has 1 aliphatic carbocycles. The van der Waals surface area contributed by atoms with Crippen molar-refractivity contribution < 1.29 is 14.3 Å². The average molecular weight is 273 g/mol. The molecule has 0 N–H and O–H groups in total. The van der Waals surface area contributed by atoms with Crippen molar-refractivity contribution in [2.24, 2.45) is 4.99 Å². The average Bonchev–Trinajstić information content (AvgIpc) is 2.74. The molecule has 1 saturated carbocycles. The first-order valence-electron chi connectivity index (χ1n) is 7.06. The van der Waals surface area contributed by atoms with Crippen molar-refractivity contribution in [1.82, 2.24) is 0 Å². The van der Waals surface area contributed by atoms with Crippen LogP contribution in [0.4, 0.5) is 0 Å². The molecule has 4 heteroatoms. The Labute approximate surface area is 118 Å². The van der Waals surface area contributed by atoms with Crippen LogP contribution in [0.25, 0.3) is 0 Å². The van der Waals surface area contributed by atoms with Gasteiger partial charge in [0.05, 0.1) is 12.1 Å². The Hall–Kier alpha value is -1.48. The van der Waals surface area contributed by atoms with E-state index in [1.54, 1.807) is 6.08 Å². The number of benzene rings is 1. The molecule has 2 fully saturated rings. The van der Waals surface area contributed by atoms with Crippen molar-refractivity contribution in [2.45, 2.75) is 50.5 Å². The highest BCUT2D eigenvalue weighted by molar-refractivity contribution is 5.40. The predicted octanol–water partition coefficient (Wildman–Crippen LogP) is 3.23. The summed E-state index contributed by atoms with van der Waals surface area (Å²) in [6, 6.07) is 8.16. The third kappa shape index (κ3) is 2.31. The van der Waals surface area contributed by atoms with Crippen molar-refractivity contribution >= 4 is 6.08 Å². The number of hydrogen-bond acceptors (Lipinski definition) is 4. The number of nitrogens with zero attached hydrogens (tertiary/aromatic N) is 1. The van der Waals surface area contributed by atoms with Crippen LogP contribution in [-0.4, -0.2) is 18.5 Å². The first kappa shape index (κ1) is 13.5. The van der Waals surface area contributed by atoms with Crippen LogP contribution in [0.5, 0.6) is 0 Å². The van der Waals surface area contributed by atoms with E-state index in [0.29, 0.717) is 6.61 Å². The molecule has 0 spiro atoms. The zero-order chi connectivity index (χ0) is 14.2. The predicted molar refractivity (Wildman–Crippen MR) is 73.9 cm³/mol. The van der Waals surface area contributed by atoms with E-state index in [4.69, 9.17) is 9.47 Å². The molecule has 106 valence electrons. The number of hydrogen-bond donors (Lipinski definition) is 0. The largest absolute Gasteiger partial charge is 0.347 e. The lowest BCUT2D eigenvalue weighted by atomic mass is 9.72. The molecule has 1 unspecified atom stereocenters. The number of ether oxygens (including phenoxy) is 2. The molecule has 1 atom stereocenters. The van der Waals surface area contributed by atoms with Crippen molar-refractivity contribution in [3.63, 3.8) is 0 Å². The maximum atomic E-state index is 10.7. The van der Waals surface area contributed by atoms with Crippen LogP contribution in [0.1, 0.15) is 50.3 Å². The van der Waals surface area contributed by atoms with Gasteiger partial charge in [-0.3, -0.25) is 0 Å². The maximum absolute atomic E-state index is 10.7. The number of carbonyl (C=O) groups excluding carboxylic acids is 1.